The van der Waals surface area contributed by atoms with E-state index in [4.69, 9.17) is 0 Å². The fourth-order valence-electron chi connectivity index (χ4n) is 6.29. The second-order valence-electron chi connectivity index (χ2n) is 7.62. The summed E-state index contributed by atoms with van der Waals surface area (Å²) in [6, 6.07) is 0. The van der Waals surface area contributed by atoms with Crippen molar-refractivity contribution in [1.29, 1.82) is 0 Å². The molecule has 2 bridgehead atoms. The van der Waals surface area contributed by atoms with Crippen molar-refractivity contribution in [3.63, 3.8) is 0 Å². The van der Waals surface area contributed by atoms with Crippen molar-refractivity contribution in [2.45, 2.75) is 66.2 Å². The van der Waals surface area contributed by atoms with Gasteiger partial charge in [0.25, 0.3) is 0 Å². The van der Waals surface area contributed by atoms with Crippen LogP contribution < -0.4 is 0 Å². The van der Waals surface area contributed by atoms with E-state index in [1.807, 2.05) is 0 Å². The molecule has 0 aromatic carbocycles. The van der Waals surface area contributed by atoms with Crippen molar-refractivity contribution in [3.05, 3.63) is 0 Å². The van der Waals surface area contributed by atoms with Crippen molar-refractivity contribution in [1.82, 2.24) is 0 Å². The van der Waals surface area contributed by atoms with Crippen LogP contribution in [0.2, 0.25) is 0 Å². The third-order valence-electron chi connectivity index (χ3n) is 6.78. The van der Waals surface area contributed by atoms with Crippen molar-refractivity contribution in [3.8, 4) is 0 Å². The molecule has 3 aliphatic carbocycles. The predicted octanol–water partition coefficient (Wildman–Crippen LogP) is 4.64. The summed E-state index contributed by atoms with van der Waals surface area (Å²) in [5, 5.41) is 0. The molecule has 0 nitrogen and oxygen atoms in total. The predicted molar refractivity (Wildman–Crippen MR) is 64.7 cm³/mol. The summed E-state index contributed by atoms with van der Waals surface area (Å²) < 4.78 is 0. The lowest BCUT2D eigenvalue weighted by Gasteiger charge is -2.49. The number of rotatable bonds is 0. The van der Waals surface area contributed by atoms with Crippen LogP contribution in [0.25, 0.3) is 0 Å². The molecule has 0 aromatic rings. The second-order valence-corrected chi connectivity index (χ2v) is 7.62. The van der Waals surface area contributed by atoms with E-state index in [-0.39, 0.29) is 0 Å². The van der Waals surface area contributed by atoms with Crippen molar-refractivity contribution in [2.24, 2.45) is 28.1 Å². The molecule has 0 aliphatic heterocycles. The van der Waals surface area contributed by atoms with E-state index in [1.165, 1.54) is 32.1 Å². The van der Waals surface area contributed by atoms with Gasteiger partial charge in [-0.3, -0.25) is 0 Å². The summed E-state index contributed by atoms with van der Waals surface area (Å²) in [7, 11) is 0. The minimum absolute atomic E-state index is 0.631. The topological polar surface area (TPSA) is 0 Å². The van der Waals surface area contributed by atoms with E-state index in [0.717, 1.165) is 17.3 Å². The molecule has 0 radical (unpaired) electrons. The van der Waals surface area contributed by atoms with Gasteiger partial charge in [-0.2, -0.15) is 0 Å². The Morgan fingerprint density at radius 2 is 1.73 bits per heavy atom. The van der Waals surface area contributed by atoms with Gasteiger partial charge in [-0.25, -0.2) is 0 Å². The van der Waals surface area contributed by atoms with Crippen molar-refractivity contribution >= 4 is 0 Å². The zero-order valence-electron chi connectivity index (χ0n) is 10.9. The Balaban J connectivity index is 2.10. The Morgan fingerprint density at radius 3 is 2.33 bits per heavy atom. The Morgan fingerprint density at radius 1 is 1.00 bits per heavy atom. The highest BCUT2D eigenvalue weighted by atomic mass is 14.7. The average molecular weight is 206 g/mol. The standard InChI is InChI=1S/C15H26/c1-11-6-5-8-14(4)12-7-9-15(11,14)10-13(12,2)3/h11-12H,5-10H2,1-4H3/t11?,12-,14+,15+/m1/s1. The van der Waals surface area contributed by atoms with Gasteiger partial charge >= 0.3 is 0 Å². The lowest BCUT2D eigenvalue weighted by Crippen LogP contribution is -2.41. The Bertz CT molecular complexity index is 290. The number of hydrogen-bond donors (Lipinski definition) is 0. The molecule has 15 heavy (non-hydrogen) atoms. The van der Waals surface area contributed by atoms with E-state index in [0.29, 0.717) is 10.8 Å². The zero-order chi connectivity index (χ0) is 10.9. The fourth-order valence-corrected chi connectivity index (χ4v) is 6.29. The first-order chi connectivity index (χ1) is 6.92. The summed E-state index contributed by atoms with van der Waals surface area (Å²) in [5.41, 5.74) is 2.07. The van der Waals surface area contributed by atoms with Crippen molar-refractivity contribution in [2.75, 3.05) is 0 Å². The maximum absolute atomic E-state index is 2.63. The molecule has 0 aromatic heterocycles. The van der Waals surface area contributed by atoms with E-state index < -0.39 is 0 Å². The van der Waals surface area contributed by atoms with Gasteiger partial charge in [-0.15, -0.1) is 0 Å². The molecule has 0 heterocycles. The third-order valence-corrected chi connectivity index (χ3v) is 6.78. The first kappa shape index (κ1) is 10.2. The van der Waals surface area contributed by atoms with Crippen LogP contribution in [0.5, 0.6) is 0 Å². The van der Waals surface area contributed by atoms with E-state index in [2.05, 4.69) is 27.7 Å². The fraction of sp³-hybridized carbons (Fsp3) is 1.00. The van der Waals surface area contributed by atoms with Gasteiger partial charge in [-0.1, -0.05) is 40.5 Å². The lowest BCUT2D eigenvalue weighted by molar-refractivity contribution is -0.00336. The van der Waals surface area contributed by atoms with Crippen LogP contribution in [-0.2, 0) is 0 Å². The monoisotopic (exact) mass is 206 g/mol. The quantitative estimate of drug-likeness (QED) is 0.541. The summed E-state index contributed by atoms with van der Waals surface area (Å²) >= 11 is 0. The Hall–Kier alpha value is 0. The maximum atomic E-state index is 2.63. The molecule has 3 rings (SSSR count). The summed E-state index contributed by atoms with van der Waals surface area (Å²) in [4.78, 5) is 0. The van der Waals surface area contributed by atoms with E-state index in [1.54, 1.807) is 6.42 Å². The summed E-state index contributed by atoms with van der Waals surface area (Å²) in [5.74, 6) is 2.01. The molecule has 4 atom stereocenters. The minimum atomic E-state index is 0.631. The first-order valence-corrected chi connectivity index (χ1v) is 6.92. The van der Waals surface area contributed by atoms with Crippen LogP contribution in [0.4, 0.5) is 0 Å². The molecule has 3 aliphatic rings. The third kappa shape index (κ3) is 0.953. The lowest BCUT2D eigenvalue weighted by atomic mass is 9.55. The number of hydrogen-bond acceptors (Lipinski definition) is 0. The molecule has 0 saturated heterocycles. The molecule has 0 amide bonds. The molecule has 3 fully saturated rings. The van der Waals surface area contributed by atoms with E-state index >= 15 is 0 Å². The van der Waals surface area contributed by atoms with E-state index in [9.17, 15) is 0 Å². The molecule has 1 unspecified atom stereocenters. The highest BCUT2D eigenvalue weighted by Crippen LogP contribution is 2.77. The molecule has 86 valence electrons. The van der Waals surface area contributed by atoms with Crippen LogP contribution in [0, 0.1) is 28.1 Å². The molecular formula is C15H26. The SMILES string of the molecule is CC1CCC[C@@]2(C)[C@@H]3CC[C@]12CC3(C)C. The molecule has 0 heteroatoms. The Kier molecular flexibility index (Phi) is 1.78. The van der Waals surface area contributed by atoms with Gasteiger partial charge in [-0.05, 0) is 53.8 Å². The van der Waals surface area contributed by atoms with Gasteiger partial charge in [0, 0.05) is 0 Å². The molecule has 0 N–H and O–H groups in total. The highest BCUT2D eigenvalue weighted by Gasteiger charge is 2.69. The van der Waals surface area contributed by atoms with Crippen LogP contribution in [0.1, 0.15) is 66.2 Å². The smallest absolute Gasteiger partial charge is 0.0210 e. The van der Waals surface area contributed by atoms with Crippen LogP contribution in [0.15, 0.2) is 0 Å². The van der Waals surface area contributed by atoms with Crippen LogP contribution >= 0.6 is 0 Å². The summed E-state index contributed by atoms with van der Waals surface area (Å²) in [6.07, 6.45) is 9.09. The van der Waals surface area contributed by atoms with Gasteiger partial charge < -0.3 is 0 Å². The van der Waals surface area contributed by atoms with Crippen molar-refractivity contribution < 1.29 is 0 Å². The normalized spacial score (nSPS) is 56.8. The van der Waals surface area contributed by atoms with Gasteiger partial charge in [0.05, 0.1) is 0 Å². The van der Waals surface area contributed by atoms with Gasteiger partial charge in [0.15, 0.2) is 0 Å². The molecule has 0 spiro atoms. The maximum Gasteiger partial charge on any atom is -0.0210 e. The first-order valence-electron chi connectivity index (χ1n) is 6.92. The molecule has 3 saturated carbocycles. The average Bonchev–Trinajstić information content (AvgIpc) is 2.50. The Labute approximate surface area is 94.8 Å². The zero-order valence-corrected chi connectivity index (χ0v) is 10.9. The summed E-state index contributed by atoms with van der Waals surface area (Å²) in [6.45, 7) is 10.2. The largest absolute Gasteiger partial charge is 0.0620 e. The van der Waals surface area contributed by atoms with Crippen LogP contribution in [-0.4, -0.2) is 0 Å². The molecular weight excluding hydrogens is 180 g/mol. The minimum Gasteiger partial charge on any atom is -0.0620 e. The van der Waals surface area contributed by atoms with Gasteiger partial charge in [0.1, 0.15) is 0 Å². The second kappa shape index (κ2) is 2.63. The van der Waals surface area contributed by atoms with Gasteiger partial charge in [0.2, 0.25) is 0 Å². The highest BCUT2D eigenvalue weighted by molar-refractivity contribution is 5.18. The van der Waals surface area contributed by atoms with Crippen LogP contribution in [0.3, 0.4) is 0 Å².